The van der Waals surface area contributed by atoms with Gasteiger partial charge < -0.3 is 5.43 Å². The second-order valence-electron chi connectivity index (χ2n) is 2.77. The van der Waals surface area contributed by atoms with E-state index in [-0.39, 0.29) is 0 Å². The van der Waals surface area contributed by atoms with E-state index in [4.69, 9.17) is 5.26 Å². The molecule has 12 heavy (non-hydrogen) atoms. The van der Waals surface area contributed by atoms with E-state index in [0.29, 0.717) is 13.0 Å². The first-order valence-corrected chi connectivity index (χ1v) is 4.01. The predicted octanol–water partition coefficient (Wildman–Crippen LogP) is 1.56. The number of rotatable bonds is 3. The van der Waals surface area contributed by atoms with Crippen LogP contribution in [0.4, 0.5) is 0 Å². The lowest BCUT2D eigenvalue weighted by atomic mass is 10.5. The van der Waals surface area contributed by atoms with Crippen molar-refractivity contribution in [1.29, 1.82) is 5.26 Å². The Labute approximate surface area is 72.6 Å². The summed E-state index contributed by atoms with van der Waals surface area (Å²) < 4.78 is 2.00. The normalized spacial score (nSPS) is 9.42. The van der Waals surface area contributed by atoms with Crippen LogP contribution < -0.4 is 5.43 Å². The Balaban J connectivity index is 2.57. The molecule has 1 aromatic rings. The SMILES string of the molecule is Cc1ccc(C)n1NCCC#N. The number of nitrogens with one attached hydrogen (secondary N) is 1. The highest BCUT2D eigenvalue weighted by molar-refractivity contribution is 5.15. The Morgan fingerprint density at radius 2 is 2.00 bits per heavy atom. The number of hydrogen-bond donors (Lipinski definition) is 1. The number of aromatic nitrogens is 1. The summed E-state index contributed by atoms with van der Waals surface area (Å²) in [5, 5.41) is 8.33. The average molecular weight is 163 g/mol. The van der Waals surface area contributed by atoms with E-state index in [1.807, 2.05) is 18.5 Å². The second-order valence-corrected chi connectivity index (χ2v) is 2.77. The van der Waals surface area contributed by atoms with Crippen molar-refractivity contribution in [1.82, 2.24) is 4.68 Å². The largest absolute Gasteiger partial charge is 0.325 e. The molecule has 0 unspecified atom stereocenters. The van der Waals surface area contributed by atoms with Gasteiger partial charge in [0.1, 0.15) is 0 Å². The standard InChI is InChI=1S/C9H13N3/c1-8-4-5-9(2)12(8)11-7-3-6-10/h4-5,11H,3,7H2,1-2H3. The molecule has 1 rings (SSSR count). The first-order chi connectivity index (χ1) is 5.75. The molecule has 0 aromatic carbocycles. The fourth-order valence-corrected chi connectivity index (χ4v) is 1.14. The van der Waals surface area contributed by atoms with Crippen molar-refractivity contribution in [2.75, 3.05) is 12.0 Å². The van der Waals surface area contributed by atoms with E-state index in [0.717, 1.165) is 0 Å². The minimum absolute atomic E-state index is 0.539. The molecule has 0 fully saturated rings. The molecule has 0 radical (unpaired) electrons. The summed E-state index contributed by atoms with van der Waals surface area (Å²) in [5.41, 5.74) is 5.50. The van der Waals surface area contributed by atoms with Gasteiger partial charge >= 0.3 is 0 Å². The highest BCUT2D eigenvalue weighted by Gasteiger charge is 1.97. The summed E-state index contributed by atoms with van der Waals surface area (Å²) in [6.07, 6.45) is 0.539. The molecular weight excluding hydrogens is 150 g/mol. The Morgan fingerprint density at radius 1 is 1.42 bits per heavy atom. The van der Waals surface area contributed by atoms with E-state index in [1.54, 1.807) is 0 Å². The first-order valence-electron chi connectivity index (χ1n) is 4.01. The summed E-state index contributed by atoms with van der Waals surface area (Å²) >= 11 is 0. The monoisotopic (exact) mass is 163 g/mol. The van der Waals surface area contributed by atoms with Crippen LogP contribution in [0.5, 0.6) is 0 Å². The van der Waals surface area contributed by atoms with Gasteiger partial charge in [0.05, 0.1) is 12.5 Å². The molecule has 0 aliphatic rings. The van der Waals surface area contributed by atoms with Crippen molar-refractivity contribution < 1.29 is 0 Å². The van der Waals surface area contributed by atoms with Gasteiger partial charge in [-0.3, -0.25) is 4.68 Å². The van der Waals surface area contributed by atoms with E-state index >= 15 is 0 Å². The van der Waals surface area contributed by atoms with Crippen molar-refractivity contribution in [3.05, 3.63) is 23.5 Å². The smallest absolute Gasteiger partial charge is 0.0640 e. The summed E-state index contributed by atoms with van der Waals surface area (Å²) in [4.78, 5) is 0. The second kappa shape index (κ2) is 3.82. The maximum absolute atomic E-state index is 8.33. The number of nitrogens with zero attached hydrogens (tertiary/aromatic N) is 2. The summed E-state index contributed by atoms with van der Waals surface area (Å²) in [7, 11) is 0. The Morgan fingerprint density at radius 3 is 2.50 bits per heavy atom. The molecule has 0 amide bonds. The Hall–Kier alpha value is -1.43. The Bertz CT molecular complexity index is 274. The van der Waals surface area contributed by atoms with Gasteiger partial charge in [-0.2, -0.15) is 5.26 Å². The van der Waals surface area contributed by atoms with Crippen LogP contribution in [0, 0.1) is 25.2 Å². The number of aryl methyl sites for hydroxylation is 2. The first kappa shape index (κ1) is 8.66. The van der Waals surface area contributed by atoms with Crippen molar-refractivity contribution >= 4 is 0 Å². The molecule has 1 heterocycles. The molecule has 0 saturated carbocycles. The summed E-state index contributed by atoms with van der Waals surface area (Å²) in [6.45, 7) is 4.77. The van der Waals surface area contributed by atoms with Gasteiger partial charge in [-0.1, -0.05) is 0 Å². The van der Waals surface area contributed by atoms with Gasteiger partial charge in [-0.25, -0.2) is 0 Å². The molecule has 0 aliphatic carbocycles. The Kier molecular flexibility index (Phi) is 2.76. The van der Waals surface area contributed by atoms with E-state index in [2.05, 4.69) is 23.6 Å². The maximum Gasteiger partial charge on any atom is 0.0640 e. The quantitative estimate of drug-likeness (QED) is 0.687. The van der Waals surface area contributed by atoms with E-state index in [9.17, 15) is 0 Å². The summed E-state index contributed by atoms with van der Waals surface area (Å²) in [5.74, 6) is 0. The van der Waals surface area contributed by atoms with Crippen LogP contribution in [0.15, 0.2) is 12.1 Å². The van der Waals surface area contributed by atoms with Crippen LogP contribution in [0.25, 0.3) is 0 Å². The fourth-order valence-electron chi connectivity index (χ4n) is 1.14. The van der Waals surface area contributed by atoms with Gasteiger partial charge in [-0.15, -0.1) is 0 Å². The minimum Gasteiger partial charge on any atom is -0.325 e. The predicted molar refractivity (Wildman–Crippen MR) is 48.4 cm³/mol. The van der Waals surface area contributed by atoms with Crippen LogP contribution in [0.1, 0.15) is 17.8 Å². The van der Waals surface area contributed by atoms with Crippen LogP contribution in [0.2, 0.25) is 0 Å². The minimum atomic E-state index is 0.539. The third-order valence-corrected chi connectivity index (χ3v) is 1.78. The molecular formula is C9H13N3. The molecule has 64 valence electrons. The van der Waals surface area contributed by atoms with Gasteiger partial charge in [-0.05, 0) is 26.0 Å². The highest BCUT2D eigenvalue weighted by atomic mass is 15.4. The fraction of sp³-hybridized carbons (Fsp3) is 0.444. The zero-order chi connectivity index (χ0) is 8.97. The van der Waals surface area contributed by atoms with Crippen LogP contribution in [0.3, 0.4) is 0 Å². The number of nitriles is 1. The van der Waals surface area contributed by atoms with Crippen molar-refractivity contribution in [2.24, 2.45) is 0 Å². The zero-order valence-corrected chi connectivity index (χ0v) is 7.46. The van der Waals surface area contributed by atoms with Gasteiger partial charge in [0.2, 0.25) is 0 Å². The molecule has 0 atom stereocenters. The lowest BCUT2D eigenvalue weighted by Gasteiger charge is -2.10. The zero-order valence-electron chi connectivity index (χ0n) is 7.46. The highest BCUT2D eigenvalue weighted by Crippen LogP contribution is 2.03. The molecule has 0 spiro atoms. The van der Waals surface area contributed by atoms with Crippen LogP contribution in [-0.4, -0.2) is 11.2 Å². The van der Waals surface area contributed by atoms with Crippen molar-refractivity contribution in [3.8, 4) is 6.07 Å². The van der Waals surface area contributed by atoms with E-state index in [1.165, 1.54) is 11.4 Å². The van der Waals surface area contributed by atoms with Gasteiger partial charge in [0, 0.05) is 17.9 Å². The van der Waals surface area contributed by atoms with Gasteiger partial charge in [0.25, 0.3) is 0 Å². The molecule has 1 N–H and O–H groups in total. The third-order valence-electron chi connectivity index (χ3n) is 1.78. The molecule has 1 aromatic heterocycles. The van der Waals surface area contributed by atoms with Crippen LogP contribution in [-0.2, 0) is 0 Å². The molecule has 0 saturated heterocycles. The molecule has 3 heteroatoms. The third kappa shape index (κ3) is 1.79. The maximum atomic E-state index is 8.33. The topological polar surface area (TPSA) is 40.8 Å². The molecule has 3 nitrogen and oxygen atoms in total. The van der Waals surface area contributed by atoms with Crippen molar-refractivity contribution in [2.45, 2.75) is 20.3 Å². The molecule has 0 aliphatic heterocycles. The molecule has 0 bridgehead atoms. The van der Waals surface area contributed by atoms with Crippen molar-refractivity contribution in [3.63, 3.8) is 0 Å². The number of hydrogen-bond acceptors (Lipinski definition) is 2. The average Bonchev–Trinajstić information content (AvgIpc) is 2.35. The van der Waals surface area contributed by atoms with Crippen LogP contribution >= 0.6 is 0 Å². The lowest BCUT2D eigenvalue weighted by Crippen LogP contribution is -2.17. The summed E-state index contributed by atoms with van der Waals surface area (Å²) in [6, 6.07) is 6.19. The van der Waals surface area contributed by atoms with Gasteiger partial charge in [0.15, 0.2) is 0 Å². The lowest BCUT2D eigenvalue weighted by molar-refractivity contribution is 0.791. The van der Waals surface area contributed by atoms with E-state index < -0.39 is 0 Å².